The first kappa shape index (κ1) is 15.7. The second-order valence-corrected chi connectivity index (χ2v) is 4.51. The molecule has 0 aliphatic rings. The van der Waals surface area contributed by atoms with E-state index in [1.165, 1.54) is 0 Å². The number of carbonyl (C=O) groups is 2. The number of para-hydroxylation sites is 1. The summed E-state index contributed by atoms with van der Waals surface area (Å²) in [7, 11) is 1.77. The van der Waals surface area contributed by atoms with Gasteiger partial charge in [-0.2, -0.15) is 5.26 Å². The Morgan fingerprint density at radius 3 is 2.75 bits per heavy atom. The second-order valence-electron chi connectivity index (χ2n) is 4.51. The number of hydrogen-bond acceptors (Lipinski definition) is 4. The molecule has 0 unspecified atom stereocenters. The summed E-state index contributed by atoms with van der Waals surface area (Å²) < 4.78 is 0. The molecule has 6 heteroatoms. The summed E-state index contributed by atoms with van der Waals surface area (Å²) >= 11 is 0. The minimum absolute atomic E-state index is 0.153. The molecular formula is C14H18N4O2. The average molecular weight is 274 g/mol. The lowest BCUT2D eigenvalue weighted by molar-refractivity contribution is -0.118. The number of nitrogens with zero attached hydrogens (tertiary/aromatic N) is 2. The smallest absolute Gasteiger partial charge is 0.231 e. The summed E-state index contributed by atoms with van der Waals surface area (Å²) in [6.45, 7) is 0.787. The number of primary amides is 1. The first-order chi connectivity index (χ1) is 9.52. The van der Waals surface area contributed by atoms with E-state index >= 15 is 0 Å². The number of hydrogen-bond donors (Lipinski definition) is 2. The summed E-state index contributed by atoms with van der Waals surface area (Å²) in [5.41, 5.74) is 6.02. The van der Waals surface area contributed by atoms with Crippen molar-refractivity contribution in [1.82, 2.24) is 4.90 Å². The lowest BCUT2D eigenvalue weighted by atomic mass is 10.2. The number of rotatable bonds is 7. The van der Waals surface area contributed by atoms with Crippen molar-refractivity contribution in [1.29, 1.82) is 5.26 Å². The summed E-state index contributed by atoms with van der Waals surface area (Å²) in [6.07, 6.45) is 0.938. The Morgan fingerprint density at radius 2 is 2.10 bits per heavy atom. The van der Waals surface area contributed by atoms with Gasteiger partial charge in [0.25, 0.3) is 0 Å². The van der Waals surface area contributed by atoms with Crippen molar-refractivity contribution in [2.45, 2.75) is 12.8 Å². The molecule has 0 aromatic heterocycles. The molecule has 0 spiro atoms. The Labute approximate surface area is 118 Å². The minimum Gasteiger partial charge on any atom is -0.369 e. The van der Waals surface area contributed by atoms with Crippen LogP contribution in [0.3, 0.4) is 0 Å². The van der Waals surface area contributed by atoms with Crippen LogP contribution in [0.4, 0.5) is 5.69 Å². The highest BCUT2D eigenvalue weighted by molar-refractivity contribution is 5.92. The number of nitriles is 1. The van der Waals surface area contributed by atoms with E-state index in [9.17, 15) is 9.59 Å². The van der Waals surface area contributed by atoms with Gasteiger partial charge in [-0.1, -0.05) is 12.1 Å². The van der Waals surface area contributed by atoms with Crippen LogP contribution >= 0.6 is 0 Å². The molecule has 20 heavy (non-hydrogen) atoms. The fourth-order valence-electron chi connectivity index (χ4n) is 1.76. The van der Waals surface area contributed by atoms with Crippen LogP contribution in [-0.4, -0.2) is 36.9 Å². The average Bonchev–Trinajstić information content (AvgIpc) is 2.38. The Kier molecular flexibility index (Phi) is 6.20. The third-order valence-electron chi connectivity index (χ3n) is 2.69. The fourth-order valence-corrected chi connectivity index (χ4v) is 1.76. The van der Waals surface area contributed by atoms with E-state index < -0.39 is 0 Å². The van der Waals surface area contributed by atoms with Crippen LogP contribution in [-0.2, 0) is 9.59 Å². The SMILES string of the molecule is CN(CCCC(=O)Nc1ccccc1C#N)CC(N)=O. The predicted octanol–water partition coefficient (Wildman–Crippen LogP) is 0.694. The van der Waals surface area contributed by atoms with Crippen LogP contribution in [0.2, 0.25) is 0 Å². The Balaban J connectivity index is 2.37. The number of benzene rings is 1. The number of amides is 2. The maximum absolute atomic E-state index is 11.8. The van der Waals surface area contributed by atoms with Gasteiger partial charge < -0.3 is 11.1 Å². The van der Waals surface area contributed by atoms with Crippen LogP contribution in [0.15, 0.2) is 24.3 Å². The molecular weight excluding hydrogens is 256 g/mol. The van der Waals surface area contributed by atoms with Gasteiger partial charge in [0, 0.05) is 6.42 Å². The van der Waals surface area contributed by atoms with E-state index in [-0.39, 0.29) is 18.4 Å². The standard InChI is InChI=1S/C14H18N4O2/c1-18(10-13(16)19)8-4-7-14(20)17-12-6-3-2-5-11(12)9-15/h2-3,5-6H,4,7-8,10H2,1H3,(H2,16,19)(H,17,20). The zero-order chi connectivity index (χ0) is 15.0. The molecule has 6 nitrogen and oxygen atoms in total. The van der Waals surface area contributed by atoms with E-state index in [0.717, 1.165) is 0 Å². The summed E-state index contributed by atoms with van der Waals surface area (Å²) in [6, 6.07) is 8.87. The van der Waals surface area contributed by atoms with E-state index in [1.54, 1.807) is 36.2 Å². The summed E-state index contributed by atoms with van der Waals surface area (Å²) in [5, 5.41) is 11.6. The van der Waals surface area contributed by atoms with Crippen molar-refractivity contribution < 1.29 is 9.59 Å². The van der Waals surface area contributed by atoms with Crippen molar-refractivity contribution in [3.05, 3.63) is 29.8 Å². The van der Waals surface area contributed by atoms with Crippen molar-refractivity contribution >= 4 is 17.5 Å². The molecule has 0 atom stereocenters. The minimum atomic E-state index is -0.389. The van der Waals surface area contributed by atoms with Crippen molar-refractivity contribution in [2.75, 3.05) is 25.5 Å². The predicted molar refractivity (Wildman–Crippen MR) is 75.7 cm³/mol. The molecule has 0 saturated carbocycles. The summed E-state index contributed by atoms with van der Waals surface area (Å²) in [4.78, 5) is 24.2. The Hall–Kier alpha value is -2.39. The van der Waals surface area contributed by atoms with Crippen molar-refractivity contribution in [3.63, 3.8) is 0 Å². The van der Waals surface area contributed by atoms with Gasteiger partial charge in [-0.05, 0) is 32.1 Å². The normalized spacial score (nSPS) is 10.1. The van der Waals surface area contributed by atoms with Gasteiger partial charge in [-0.3, -0.25) is 14.5 Å². The van der Waals surface area contributed by atoms with Gasteiger partial charge in [0.05, 0.1) is 17.8 Å². The molecule has 0 radical (unpaired) electrons. The Morgan fingerprint density at radius 1 is 1.40 bits per heavy atom. The molecule has 0 bridgehead atoms. The maximum atomic E-state index is 11.8. The maximum Gasteiger partial charge on any atom is 0.231 e. The topological polar surface area (TPSA) is 99.2 Å². The molecule has 0 aliphatic heterocycles. The first-order valence-corrected chi connectivity index (χ1v) is 6.28. The highest BCUT2D eigenvalue weighted by Gasteiger charge is 2.07. The first-order valence-electron chi connectivity index (χ1n) is 6.28. The fraction of sp³-hybridized carbons (Fsp3) is 0.357. The number of carbonyl (C=O) groups excluding carboxylic acids is 2. The van der Waals surface area contributed by atoms with Crippen LogP contribution < -0.4 is 11.1 Å². The van der Waals surface area contributed by atoms with E-state index in [1.807, 2.05) is 6.07 Å². The quantitative estimate of drug-likeness (QED) is 0.764. The number of nitrogens with two attached hydrogens (primary N) is 1. The van der Waals surface area contributed by atoms with Crippen LogP contribution in [0.5, 0.6) is 0 Å². The molecule has 0 fully saturated rings. The molecule has 1 aromatic carbocycles. The van der Waals surface area contributed by atoms with E-state index in [2.05, 4.69) is 5.32 Å². The number of nitrogens with one attached hydrogen (secondary N) is 1. The highest BCUT2D eigenvalue weighted by atomic mass is 16.2. The summed E-state index contributed by atoms with van der Waals surface area (Å²) in [5.74, 6) is -0.542. The third kappa shape index (κ3) is 5.50. The van der Waals surface area contributed by atoms with Crippen LogP contribution in [0.25, 0.3) is 0 Å². The lowest BCUT2D eigenvalue weighted by Crippen LogP contribution is -2.31. The molecule has 106 valence electrons. The molecule has 1 aromatic rings. The molecule has 2 amide bonds. The van der Waals surface area contributed by atoms with E-state index in [4.69, 9.17) is 11.0 Å². The molecule has 1 rings (SSSR count). The van der Waals surface area contributed by atoms with Gasteiger partial charge in [0.2, 0.25) is 11.8 Å². The highest BCUT2D eigenvalue weighted by Crippen LogP contribution is 2.13. The van der Waals surface area contributed by atoms with Gasteiger partial charge >= 0.3 is 0 Å². The second kappa shape index (κ2) is 7.92. The van der Waals surface area contributed by atoms with Gasteiger partial charge in [-0.25, -0.2) is 0 Å². The van der Waals surface area contributed by atoms with Gasteiger partial charge in [-0.15, -0.1) is 0 Å². The van der Waals surface area contributed by atoms with Crippen molar-refractivity contribution in [2.24, 2.45) is 5.73 Å². The van der Waals surface area contributed by atoms with E-state index in [0.29, 0.717) is 30.6 Å². The lowest BCUT2D eigenvalue weighted by Gasteiger charge is -2.14. The van der Waals surface area contributed by atoms with Gasteiger partial charge in [0.1, 0.15) is 6.07 Å². The number of anilines is 1. The third-order valence-corrected chi connectivity index (χ3v) is 2.69. The Bertz CT molecular complexity index is 522. The molecule has 0 aliphatic carbocycles. The zero-order valence-corrected chi connectivity index (χ0v) is 11.4. The zero-order valence-electron chi connectivity index (χ0n) is 11.4. The molecule has 3 N–H and O–H groups in total. The van der Waals surface area contributed by atoms with Crippen molar-refractivity contribution in [3.8, 4) is 6.07 Å². The largest absolute Gasteiger partial charge is 0.369 e. The monoisotopic (exact) mass is 274 g/mol. The van der Waals surface area contributed by atoms with Crippen LogP contribution in [0, 0.1) is 11.3 Å². The molecule has 0 heterocycles. The number of likely N-dealkylation sites (N-methyl/N-ethyl adjacent to an activating group) is 1. The van der Waals surface area contributed by atoms with Crippen LogP contribution in [0.1, 0.15) is 18.4 Å². The van der Waals surface area contributed by atoms with Gasteiger partial charge in [0.15, 0.2) is 0 Å². The molecule has 0 saturated heterocycles.